The van der Waals surface area contributed by atoms with Crippen LogP contribution in [0.15, 0.2) is 17.5 Å². The molecule has 1 aromatic heterocycles. The van der Waals surface area contributed by atoms with Gasteiger partial charge in [0.25, 0.3) is 0 Å². The average Bonchev–Trinajstić information content (AvgIpc) is 2.79. The standard InChI is InChI=1S/C10H9F2N3S/c1-5-2-3-6(9(12)8(5)11)10(13)7-4-16-15-14-7/h2-4,10H,13H2,1H3. The van der Waals surface area contributed by atoms with Crippen molar-refractivity contribution in [2.75, 3.05) is 0 Å². The van der Waals surface area contributed by atoms with E-state index in [1.54, 1.807) is 5.38 Å². The first-order valence-electron chi connectivity index (χ1n) is 4.58. The van der Waals surface area contributed by atoms with Crippen LogP contribution in [0.3, 0.4) is 0 Å². The molecule has 6 heteroatoms. The van der Waals surface area contributed by atoms with E-state index in [1.807, 2.05) is 0 Å². The molecule has 2 rings (SSSR count). The Kier molecular flexibility index (Phi) is 2.93. The van der Waals surface area contributed by atoms with Gasteiger partial charge in [-0.15, -0.1) is 5.10 Å². The summed E-state index contributed by atoms with van der Waals surface area (Å²) in [5.74, 6) is -1.78. The summed E-state index contributed by atoms with van der Waals surface area (Å²) in [4.78, 5) is 0. The quantitative estimate of drug-likeness (QED) is 0.876. The number of benzene rings is 1. The minimum Gasteiger partial charge on any atom is -0.319 e. The molecule has 2 aromatic rings. The lowest BCUT2D eigenvalue weighted by Gasteiger charge is -2.11. The van der Waals surface area contributed by atoms with Gasteiger partial charge in [0, 0.05) is 10.9 Å². The van der Waals surface area contributed by atoms with Crippen molar-refractivity contribution in [1.29, 1.82) is 0 Å². The fourth-order valence-electron chi connectivity index (χ4n) is 1.37. The first-order valence-corrected chi connectivity index (χ1v) is 5.42. The van der Waals surface area contributed by atoms with Gasteiger partial charge in [-0.05, 0) is 24.0 Å². The van der Waals surface area contributed by atoms with Crippen LogP contribution in [-0.4, -0.2) is 9.59 Å². The Hall–Kier alpha value is -1.40. The van der Waals surface area contributed by atoms with Crippen LogP contribution in [0.25, 0.3) is 0 Å². The topological polar surface area (TPSA) is 51.8 Å². The van der Waals surface area contributed by atoms with E-state index >= 15 is 0 Å². The van der Waals surface area contributed by atoms with E-state index in [-0.39, 0.29) is 11.1 Å². The lowest BCUT2D eigenvalue weighted by Crippen LogP contribution is -2.15. The highest BCUT2D eigenvalue weighted by Gasteiger charge is 2.19. The molecular formula is C10H9F2N3S. The Balaban J connectivity index is 2.45. The van der Waals surface area contributed by atoms with E-state index < -0.39 is 17.7 Å². The lowest BCUT2D eigenvalue weighted by atomic mass is 10.0. The van der Waals surface area contributed by atoms with Crippen molar-refractivity contribution in [3.8, 4) is 0 Å². The highest BCUT2D eigenvalue weighted by molar-refractivity contribution is 7.03. The maximum Gasteiger partial charge on any atom is 0.164 e. The van der Waals surface area contributed by atoms with Gasteiger partial charge >= 0.3 is 0 Å². The predicted molar refractivity (Wildman–Crippen MR) is 57.0 cm³/mol. The molecule has 0 fully saturated rings. The zero-order chi connectivity index (χ0) is 11.7. The van der Waals surface area contributed by atoms with Crippen molar-refractivity contribution in [1.82, 2.24) is 9.59 Å². The first kappa shape index (κ1) is 11.1. The van der Waals surface area contributed by atoms with Crippen LogP contribution in [0.1, 0.15) is 22.9 Å². The van der Waals surface area contributed by atoms with E-state index in [0.29, 0.717) is 5.69 Å². The summed E-state index contributed by atoms with van der Waals surface area (Å²) >= 11 is 1.12. The lowest BCUT2D eigenvalue weighted by molar-refractivity contribution is 0.488. The number of rotatable bonds is 2. The third-order valence-electron chi connectivity index (χ3n) is 2.34. The second kappa shape index (κ2) is 4.23. The molecule has 0 saturated heterocycles. The molecular weight excluding hydrogens is 232 g/mol. The molecule has 0 aliphatic heterocycles. The zero-order valence-electron chi connectivity index (χ0n) is 8.45. The smallest absolute Gasteiger partial charge is 0.164 e. The Morgan fingerprint density at radius 2 is 2.06 bits per heavy atom. The largest absolute Gasteiger partial charge is 0.319 e. The molecule has 84 valence electrons. The molecule has 0 amide bonds. The van der Waals surface area contributed by atoms with E-state index in [2.05, 4.69) is 9.59 Å². The van der Waals surface area contributed by atoms with Gasteiger partial charge in [0.05, 0.1) is 11.7 Å². The van der Waals surface area contributed by atoms with Crippen LogP contribution in [0.2, 0.25) is 0 Å². The zero-order valence-corrected chi connectivity index (χ0v) is 9.26. The first-order chi connectivity index (χ1) is 7.61. The Bertz CT molecular complexity index is 499. The molecule has 1 atom stereocenters. The SMILES string of the molecule is Cc1ccc(C(N)c2csnn2)c(F)c1F. The highest BCUT2D eigenvalue weighted by Crippen LogP contribution is 2.24. The van der Waals surface area contributed by atoms with Crippen LogP contribution < -0.4 is 5.73 Å². The maximum atomic E-state index is 13.6. The molecule has 2 N–H and O–H groups in total. The summed E-state index contributed by atoms with van der Waals surface area (Å²) in [5.41, 5.74) is 6.56. The van der Waals surface area contributed by atoms with Crippen molar-refractivity contribution in [3.63, 3.8) is 0 Å². The van der Waals surface area contributed by atoms with E-state index in [0.717, 1.165) is 11.5 Å². The number of nitrogens with zero attached hydrogens (tertiary/aromatic N) is 2. The van der Waals surface area contributed by atoms with Gasteiger partial charge in [0.1, 0.15) is 0 Å². The van der Waals surface area contributed by atoms with Gasteiger partial charge in [0.2, 0.25) is 0 Å². The van der Waals surface area contributed by atoms with Crippen LogP contribution >= 0.6 is 11.5 Å². The summed E-state index contributed by atoms with van der Waals surface area (Å²) in [6.45, 7) is 1.50. The van der Waals surface area contributed by atoms with Gasteiger partial charge in [-0.1, -0.05) is 16.6 Å². The number of nitrogens with two attached hydrogens (primary N) is 1. The van der Waals surface area contributed by atoms with Gasteiger partial charge in [-0.3, -0.25) is 0 Å². The maximum absolute atomic E-state index is 13.6. The molecule has 3 nitrogen and oxygen atoms in total. The molecule has 0 bridgehead atoms. The molecule has 0 saturated carbocycles. The molecule has 1 aromatic carbocycles. The van der Waals surface area contributed by atoms with Crippen LogP contribution in [0.5, 0.6) is 0 Å². The average molecular weight is 241 g/mol. The Morgan fingerprint density at radius 3 is 2.69 bits per heavy atom. The van der Waals surface area contributed by atoms with Crippen molar-refractivity contribution in [3.05, 3.63) is 46.0 Å². The summed E-state index contributed by atoms with van der Waals surface area (Å²) in [6.07, 6.45) is 0. The summed E-state index contributed by atoms with van der Waals surface area (Å²) < 4.78 is 30.6. The minimum absolute atomic E-state index is 0.0933. The molecule has 0 aliphatic rings. The van der Waals surface area contributed by atoms with Gasteiger partial charge in [0.15, 0.2) is 11.6 Å². The number of hydrogen-bond donors (Lipinski definition) is 1. The fraction of sp³-hybridized carbons (Fsp3) is 0.200. The van der Waals surface area contributed by atoms with E-state index in [9.17, 15) is 8.78 Å². The summed E-state index contributed by atoms with van der Waals surface area (Å²) in [6, 6.07) is 2.18. The van der Waals surface area contributed by atoms with Crippen LogP contribution in [0.4, 0.5) is 8.78 Å². The van der Waals surface area contributed by atoms with Crippen molar-refractivity contribution >= 4 is 11.5 Å². The monoisotopic (exact) mass is 241 g/mol. The molecule has 0 aliphatic carbocycles. The van der Waals surface area contributed by atoms with Gasteiger partial charge < -0.3 is 5.73 Å². The van der Waals surface area contributed by atoms with E-state index in [1.165, 1.54) is 19.1 Å². The van der Waals surface area contributed by atoms with Crippen molar-refractivity contribution in [2.24, 2.45) is 5.73 Å². The predicted octanol–water partition coefficient (Wildman–Crippen LogP) is 2.17. The second-order valence-corrected chi connectivity index (χ2v) is 4.02. The Labute approximate surface area is 95.1 Å². The second-order valence-electron chi connectivity index (χ2n) is 3.41. The van der Waals surface area contributed by atoms with Gasteiger partial charge in [-0.2, -0.15) is 0 Å². The third kappa shape index (κ3) is 1.81. The Morgan fingerprint density at radius 1 is 1.31 bits per heavy atom. The van der Waals surface area contributed by atoms with Crippen LogP contribution in [0, 0.1) is 18.6 Å². The number of halogens is 2. The highest BCUT2D eigenvalue weighted by atomic mass is 32.1. The number of hydrogen-bond acceptors (Lipinski definition) is 4. The molecule has 0 radical (unpaired) electrons. The molecule has 0 spiro atoms. The summed E-state index contributed by atoms with van der Waals surface area (Å²) in [7, 11) is 0. The van der Waals surface area contributed by atoms with Gasteiger partial charge in [-0.25, -0.2) is 8.78 Å². The number of aromatic nitrogens is 2. The molecule has 1 unspecified atom stereocenters. The van der Waals surface area contributed by atoms with Crippen molar-refractivity contribution in [2.45, 2.75) is 13.0 Å². The summed E-state index contributed by atoms with van der Waals surface area (Å²) in [5, 5.41) is 5.35. The van der Waals surface area contributed by atoms with E-state index in [4.69, 9.17) is 5.73 Å². The fourth-order valence-corrected chi connectivity index (χ4v) is 1.86. The van der Waals surface area contributed by atoms with Crippen LogP contribution in [-0.2, 0) is 0 Å². The number of aryl methyl sites for hydroxylation is 1. The third-order valence-corrected chi connectivity index (χ3v) is 2.86. The minimum atomic E-state index is -0.916. The molecule has 1 heterocycles. The van der Waals surface area contributed by atoms with Crippen molar-refractivity contribution < 1.29 is 8.78 Å². The molecule has 16 heavy (non-hydrogen) atoms. The normalized spacial score (nSPS) is 12.8.